The van der Waals surface area contributed by atoms with Crippen LogP contribution in [0, 0.1) is 16.7 Å². The first kappa shape index (κ1) is 14.4. The molecule has 0 unspecified atom stereocenters. The molecule has 3 nitrogen and oxygen atoms in total. The first-order valence-electron chi connectivity index (χ1n) is 6.21. The number of nitrogen functional groups attached to an aromatic ring is 1. The quantitative estimate of drug-likeness (QED) is 0.797. The summed E-state index contributed by atoms with van der Waals surface area (Å²) in [6.07, 6.45) is 1.01. The summed E-state index contributed by atoms with van der Waals surface area (Å²) in [5, 5.41) is 12.6. The molecule has 0 aliphatic heterocycles. The van der Waals surface area contributed by atoms with Crippen LogP contribution in [0.3, 0.4) is 0 Å². The van der Waals surface area contributed by atoms with E-state index in [-0.39, 0.29) is 11.0 Å². The second kappa shape index (κ2) is 4.89. The molecule has 0 atom stereocenters. The zero-order valence-electron chi connectivity index (χ0n) is 12.0. The van der Waals surface area contributed by atoms with Crippen molar-refractivity contribution < 1.29 is 0 Å². The van der Waals surface area contributed by atoms with Gasteiger partial charge in [0, 0.05) is 11.2 Å². The van der Waals surface area contributed by atoms with E-state index in [1.54, 1.807) is 6.07 Å². The summed E-state index contributed by atoms with van der Waals surface area (Å²) in [6.45, 7) is 10.9. The monoisotopic (exact) mass is 245 g/mol. The van der Waals surface area contributed by atoms with Crippen molar-refractivity contribution in [3.63, 3.8) is 0 Å². The largest absolute Gasteiger partial charge is 0.399 e. The van der Waals surface area contributed by atoms with Gasteiger partial charge in [0.05, 0.1) is 11.3 Å². The van der Waals surface area contributed by atoms with Crippen molar-refractivity contribution in [3.8, 4) is 6.07 Å². The second-order valence-electron chi connectivity index (χ2n) is 6.66. The Hall–Kier alpha value is -1.69. The van der Waals surface area contributed by atoms with Crippen molar-refractivity contribution in [2.24, 2.45) is 5.41 Å². The highest BCUT2D eigenvalue weighted by Crippen LogP contribution is 2.31. The lowest BCUT2D eigenvalue weighted by molar-refractivity contribution is 0.302. The molecule has 0 fully saturated rings. The third kappa shape index (κ3) is 4.29. The average molecular weight is 245 g/mol. The van der Waals surface area contributed by atoms with E-state index in [2.05, 4.69) is 46.0 Å². The highest BCUT2D eigenvalue weighted by molar-refractivity contribution is 5.63. The number of hydrogen-bond donors (Lipinski definition) is 2. The smallest absolute Gasteiger partial charge is 0.101 e. The number of nitrogens with zero attached hydrogens (tertiary/aromatic N) is 1. The van der Waals surface area contributed by atoms with Gasteiger partial charge in [-0.1, -0.05) is 20.8 Å². The van der Waals surface area contributed by atoms with Gasteiger partial charge in [-0.25, -0.2) is 0 Å². The summed E-state index contributed by atoms with van der Waals surface area (Å²) in [7, 11) is 0. The molecule has 0 amide bonds. The molecule has 3 N–H and O–H groups in total. The van der Waals surface area contributed by atoms with Gasteiger partial charge in [-0.05, 0) is 43.9 Å². The highest BCUT2D eigenvalue weighted by Gasteiger charge is 2.25. The molecule has 0 aromatic heterocycles. The zero-order chi connectivity index (χ0) is 14.0. The zero-order valence-corrected chi connectivity index (χ0v) is 12.0. The molecule has 0 heterocycles. The Bertz CT molecular complexity index is 462. The van der Waals surface area contributed by atoms with Crippen molar-refractivity contribution in [1.82, 2.24) is 0 Å². The van der Waals surface area contributed by atoms with Crippen LogP contribution in [0.1, 0.15) is 46.6 Å². The maximum Gasteiger partial charge on any atom is 0.101 e. The molecule has 0 aliphatic rings. The third-order valence-corrected chi connectivity index (χ3v) is 2.61. The molecule has 1 aromatic carbocycles. The summed E-state index contributed by atoms with van der Waals surface area (Å²) in [5.74, 6) is 0. The Morgan fingerprint density at radius 2 is 1.83 bits per heavy atom. The van der Waals surface area contributed by atoms with Gasteiger partial charge >= 0.3 is 0 Å². The number of hydrogen-bond acceptors (Lipinski definition) is 3. The SMILES string of the molecule is CC(C)(C)CC(C)(C)Nc1ccc(N)cc1C#N. The lowest BCUT2D eigenvalue weighted by atomic mass is 9.81. The van der Waals surface area contributed by atoms with Gasteiger partial charge in [-0.2, -0.15) is 5.26 Å². The van der Waals surface area contributed by atoms with Gasteiger partial charge < -0.3 is 11.1 Å². The Morgan fingerprint density at radius 3 is 2.33 bits per heavy atom. The van der Waals surface area contributed by atoms with Crippen molar-refractivity contribution in [1.29, 1.82) is 5.26 Å². The van der Waals surface area contributed by atoms with Crippen LogP contribution in [-0.4, -0.2) is 5.54 Å². The summed E-state index contributed by atoms with van der Waals surface area (Å²) in [6, 6.07) is 7.57. The van der Waals surface area contributed by atoms with E-state index in [9.17, 15) is 0 Å². The second-order valence-corrected chi connectivity index (χ2v) is 6.66. The highest BCUT2D eigenvalue weighted by atomic mass is 15.0. The van der Waals surface area contributed by atoms with Crippen LogP contribution >= 0.6 is 0 Å². The van der Waals surface area contributed by atoms with E-state index in [1.807, 2.05) is 12.1 Å². The van der Waals surface area contributed by atoms with Crippen LogP contribution in [-0.2, 0) is 0 Å². The van der Waals surface area contributed by atoms with Gasteiger partial charge in [0.2, 0.25) is 0 Å². The van der Waals surface area contributed by atoms with E-state index >= 15 is 0 Å². The summed E-state index contributed by atoms with van der Waals surface area (Å²) in [4.78, 5) is 0. The minimum atomic E-state index is -0.0695. The Balaban J connectivity index is 2.94. The van der Waals surface area contributed by atoms with E-state index in [1.165, 1.54) is 0 Å². The Kier molecular flexibility index (Phi) is 3.91. The molecular weight excluding hydrogens is 222 g/mol. The van der Waals surface area contributed by atoms with Crippen LogP contribution in [0.2, 0.25) is 0 Å². The normalized spacial score (nSPS) is 12.0. The maximum absolute atomic E-state index is 9.13. The molecule has 0 saturated carbocycles. The fourth-order valence-electron chi connectivity index (χ4n) is 2.50. The fourth-order valence-corrected chi connectivity index (χ4v) is 2.50. The summed E-state index contributed by atoms with van der Waals surface area (Å²) < 4.78 is 0. The van der Waals surface area contributed by atoms with Crippen molar-refractivity contribution in [2.75, 3.05) is 11.1 Å². The number of nitriles is 1. The van der Waals surface area contributed by atoms with E-state index in [4.69, 9.17) is 11.0 Å². The van der Waals surface area contributed by atoms with Gasteiger partial charge in [-0.3, -0.25) is 0 Å². The van der Waals surface area contributed by atoms with Crippen LogP contribution < -0.4 is 11.1 Å². The molecule has 1 aromatic rings. The molecular formula is C15H23N3. The van der Waals surface area contributed by atoms with E-state index < -0.39 is 0 Å². The van der Waals surface area contributed by atoms with Gasteiger partial charge in [0.25, 0.3) is 0 Å². The minimum Gasteiger partial charge on any atom is -0.399 e. The molecule has 1 rings (SSSR count). The molecule has 98 valence electrons. The predicted molar refractivity (Wildman–Crippen MR) is 77.3 cm³/mol. The lowest BCUT2D eigenvalue weighted by Crippen LogP contribution is -2.35. The topological polar surface area (TPSA) is 61.8 Å². The first-order valence-corrected chi connectivity index (χ1v) is 6.21. The van der Waals surface area contributed by atoms with Crippen molar-refractivity contribution in [3.05, 3.63) is 23.8 Å². The van der Waals surface area contributed by atoms with Gasteiger partial charge in [0.15, 0.2) is 0 Å². The molecule has 0 radical (unpaired) electrons. The third-order valence-electron chi connectivity index (χ3n) is 2.61. The van der Waals surface area contributed by atoms with Crippen LogP contribution in [0.5, 0.6) is 0 Å². The predicted octanol–water partition coefficient (Wildman–Crippen LogP) is 3.77. The summed E-state index contributed by atoms with van der Waals surface area (Å²) >= 11 is 0. The van der Waals surface area contributed by atoms with Crippen LogP contribution in [0.25, 0.3) is 0 Å². The number of anilines is 2. The van der Waals surface area contributed by atoms with Crippen LogP contribution in [0.15, 0.2) is 18.2 Å². The Labute approximate surface area is 110 Å². The molecule has 0 bridgehead atoms. The molecule has 3 heteroatoms. The number of rotatable bonds is 3. The average Bonchev–Trinajstić information content (AvgIpc) is 2.16. The lowest BCUT2D eigenvalue weighted by Gasteiger charge is -2.34. The van der Waals surface area contributed by atoms with Crippen molar-refractivity contribution in [2.45, 2.75) is 46.6 Å². The van der Waals surface area contributed by atoms with Gasteiger partial charge in [-0.15, -0.1) is 0 Å². The first-order chi connectivity index (χ1) is 8.13. The molecule has 0 saturated heterocycles. The number of nitrogens with one attached hydrogen (secondary N) is 1. The summed E-state index contributed by atoms with van der Waals surface area (Å²) in [5.41, 5.74) is 7.91. The minimum absolute atomic E-state index is 0.0695. The standard InChI is InChI=1S/C15H23N3/c1-14(2,3)10-15(4,5)18-13-7-6-12(17)8-11(13)9-16/h6-8,18H,10,17H2,1-5H3. The fraction of sp³-hybridized carbons (Fsp3) is 0.533. The van der Waals surface area contributed by atoms with Crippen molar-refractivity contribution >= 4 is 11.4 Å². The van der Waals surface area contributed by atoms with Crippen LogP contribution in [0.4, 0.5) is 11.4 Å². The maximum atomic E-state index is 9.13. The number of benzene rings is 1. The number of nitrogens with two attached hydrogens (primary N) is 1. The van der Waals surface area contributed by atoms with Gasteiger partial charge in [0.1, 0.15) is 6.07 Å². The van der Waals surface area contributed by atoms with E-state index in [0.29, 0.717) is 11.3 Å². The Morgan fingerprint density at radius 1 is 1.22 bits per heavy atom. The molecule has 0 spiro atoms. The molecule has 0 aliphatic carbocycles. The molecule has 18 heavy (non-hydrogen) atoms. The van der Waals surface area contributed by atoms with E-state index in [0.717, 1.165) is 12.1 Å².